The highest BCUT2D eigenvalue weighted by Gasteiger charge is 2.39. The molecule has 1 saturated heterocycles. The summed E-state index contributed by atoms with van der Waals surface area (Å²) in [6, 6.07) is -0.0189. The first-order valence-corrected chi connectivity index (χ1v) is 7.32. The molecule has 1 rings (SSSR count). The number of piperidine rings is 1. The number of aliphatic hydroxyl groups is 3. The Morgan fingerprint density at radius 2 is 1.56 bits per heavy atom. The average molecular weight is 259 g/mol. The second-order valence-electron chi connectivity index (χ2n) is 5.61. The van der Waals surface area contributed by atoms with Crippen LogP contribution in [0, 0.1) is 0 Å². The smallest absolute Gasteiger partial charge is 0.108 e. The second-order valence-corrected chi connectivity index (χ2v) is 5.61. The van der Waals surface area contributed by atoms with Gasteiger partial charge in [0.2, 0.25) is 0 Å². The fourth-order valence-electron chi connectivity index (χ4n) is 2.78. The monoisotopic (exact) mass is 259 g/mol. The van der Waals surface area contributed by atoms with Crippen LogP contribution in [0.4, 0.5) is 0 Å². The quantitative estimate of drug-likeness (QED) is 0.600. The van der Waals surface area contributed by atoms with Crippen LogP contribution in [0.2, 0.25) is 0 Å². The molecule has 1 heterocycles. The maximum Gasteiger partial charge on any atom is 0.108 e. The third-order valence-corrected chi connectivity index (χ3v) is 4.03. The Morgan fingerprint density at radius 3 is 2.22 bits per heavy atom. The van der Waals surface area contributed by atoms with E-state index in [1.165, 1.54) is 32.1 Å². The summed E-state index contributed by atoms with van der Waals surface area (Å²) in [6.07, 6.45) is 5.63. The molecule has 0 aromatic carbocycles. The summed E-state index contributed by atoms with van der Waals surface area (Å²) < 4.78 is 0. The number of likely N-dealkylation sites (N-methyl/N-ethyl adjacent to an activating group) is 1. The highest BCUT2D eigenvalue weighted by atomic mass is 16.4. The number of rotatable bonds is 7. The van der Waals surface area contributed by atoms with Crippen molar-refractivity contribution in [3.8, 4) is 0 Å². The fourth-order valence-corrected chi connectivity index (χ4v) is 2.78. The highest BCUT2D eigenvalue weighted by Crippen LogP contribution is 2.22. The second kappa shape index (κ2) is 8.10. The standard InChI is InChI=1S/C14H29NO3/c1-3-4-5-6-7-8-9-11-13(17)14(18)12(16)10-15(11)2/h11-14,16-18H,3-10H2,1-2H3/t11-,12+,13+,14+/m0/s1. The Labute approximate surface area is 111 Å². The van der Waals surface area contributed by atoms with E-state index >= 15 is 0 Å². The SMILES string of the molecule is CCCCCCCC[C@H]1[C@@H](O)[C@H](O)[C@H](O)CN1C. The van der Waals surface area contributed by atoms with Crippen molar-refractivity contribution in [3.63, 3.8) is 0 Å². The van der Waals surface area contributed by atoms with Crippen LogP contribution in [-0.4, -0.2) is 58.2 Å². The molecule has 0 amide bonds. The van der Waals surface area contributed by atoms with E-state index in [-0.39, 0.29) is 6.04 Å². The topological polar surface area (TPSA) is 63.9 Å². The summed E-state index contributed by atoms with van der Waals surface area (Å²) in [4.78, 5) is 1.97. The Balaban J connectivity index is 2.23. The lowest BCUT2D eigenvalue weighted by atomic mass is 9.90. The van der Waals surface area contributed by atoms with Gasteiger partial charge in [-0.1, -0.05) is 45.4 Å². The molecule has 18 heavy (non-hydrogen) atoms. The predicted octanol–water partition coefficient (Wildman–Crippen LogP) is 1.13. The van der Waals surface area contributed by atoms with Gasteiger partial charge in [-0.3, -0.25) is 4.90 Å². The highest BCUT2D eigenvalue weighted by molar-refractivity contribution is 4.92. The van der Waals surface area contributed by atoms with Gasteiger partial charge in [-0.05, 0) is 13.5 Å². The van der Waals surface area contributed by atoms with Gasteiger partial charge in [-0.15, -0.1) is 0 Å². The van der Waals surface area contributed by atoms with Crippen molar-refractivity contribution in [1.82, 2.24) is 4.90 Å². The minimum absolute atomic E-state index is 0.0189. The molecular formula is C14H29NO3. The van der Waals surface area contributed by atoms with Crippen LogP contribution in [0.25, 0.3) is 0 Å². The lowest BCUT2D eigenvalue weighted by Crippen LogP contribution is -2.59. The average Bonchev–Trinajstić information content (AvgIpc) is 2.34. The minimum atomic E-state index is -0.994. The van der Waals surface area contributed by atoms with Gasteiger partial charge in [0.1, 0.15) is 6.10 Å². The zero-order valence-electron chi connectivity index (χ0n) is 11.8. The molecule has 0 bridgehead atoms. The molecule has 1 fully saturated rings. The van der Waals surface area contributed by atoms with E-state index in [9.17, 15) is 15.3 Å². The molecule has 0 radical (unpaired) electrons. The summed E-state index contributed by atoms with van der Waals surface area (Å²) in [5, 5.41) is 29.2. The molecule has 0 unspecified atom stereocenters. The van der Waals surface area contributed by atoms with E-state index in [2.05, 4.69) is 6.92 Å². The fraction of sp³-hybridized carbons (Fsp3) is 1.00. The molecule has 0 aromatic heterocycles. The van der Waals surface area contributed by atoms with E-state index < -0.39 is 18.3 Å². The first kappa shape index (κ1) is 15.9. The molecule has 4 heteroatoms. The molecule has 0 aliphatic carbocycles. The number of hydrogen-bond acceptors (Lipinski definition) is 4. The van der Waals surface area contributed by atoms with E-state index in [1.807, 2.05) is 11.9 Å². The number of nitrogens with zero attached hydrogens (tertiary/aromatic N) is 1. The van der Waals surface area contributed by atoms with Crippen molar-refractivity contribution in [1.29, 1.82) is 0 Å². The van der Waals surface area contributed by atoms with Crippen LogP contribution < -0.4 is 0 Å². The number of hydrogen-bond donors (Lipinski definition) is 3. The van der Waals surface area contributed by atoms with Gasteiger partial charge in [-0.25, -0.2) is 0 Å². The molecule has 0 saturated carbocycles. The molecule has 4 nitrogen and oxygen atoms in total. The number of β-amino-alcohol motifs (C(OH)–C–C–N with tert-alkyl or cyclic N) is 1. The van der Waals surface area contributed by atoms with Gasteiger partial charge in [0.25, 0.3) is 0 Å². The van der Waals surface area contributed by atoms with Crippen molar-refractivity contribution in [2.75, 3.05) is 13.6 Å². The van der Waals surface area contributed by atoms with Crippen LogP contribution in [0.15, 0.2) is 0 Å². The molecule has 4 atom stereocenters. The third-order valence-electron chi connectivity index (χ3n) is 4.03. The maximum absolute atomic E-state index is 9.97. The summed E-state index contributed by atoms with van der Waals surface area (Å²) >= 11 is 0. The van der Waals surface area contributed by atoms with Gasteiger partial charge in [-0.2, -0.15) is 0 Å². The predicted molar refractivity (Wildman–Crippen MR) is 72.4 cm³/mol. The summed E-state index contributed by atoms with van der Waals surface area (Å²) in [5.41, 5.74) is 0. The third kappa shape index (κ3) is 4.50. The number of unbranched alkanes of at least 4 members (excludes halogenated alkanes) is 5. The van der Waals surface area contributed by atoms with E-state index in [1.54, 1.807) is 0 Å². The zero-order chi connectivity index (χ0) is 13.5. The largest absolute Gasteiger partial charge is 0.389 e. The molecule has 0 aromatic rings. The van der Waals surface area contributed by atoms with Crippen LogP contribution in [-0.2, 0) is 0 Å². The van der Waals surface area contributed by atoms with E-state index in [0.29, 0.717) is 6.54 Å². The van der Waals surface area contributed by atoms with Crippen molar-refractivity contribution in [2.24, 2.45) is 0 Å². The van der Waals surface area contributed by atoms with Gasteiger partial charge in [0.05, 0.1) is 12.2 Å². The Kier molecular flexibility index (Phi) is 7.15. The van der Waals surface area contributed by atoms with Crippen molar-refractivity contribution >= 4 is 0 Å². The van der Waals surface area contributed by atoms with Crippen LogP contribution in [0.5, 0.6) is 0 Å². The van der Waals surface area contributed by atoms with Gasteiger partial charge in [0, 0.05) is 12.6 Å². The molecule has 0 spiro atoms. The van der Waals surface area contributed by atoms with Gasteiger partial charge in [0.15, 0.2) is 0 Å². The molecule has 3 N–H and O–H groups in total. The van der Waals surface area contributed by atoms with Crippen molar-refractivity contribution < 1.29 is 15.3 Å². The van der Waals surface area contributed by atoms with E-state index in [0.717, 1.165) is 12.8 Å². The maximum atomic E-state index is 9.97. The molecular weight excluding hydrogens is 230 g/mol. The Morgan fingerprint density at radius 1 is 0.944 bits per heavy atom. The lowest BCUT2D eigenvalue weighted by molar-refractivity contribution is -0.132. The zero-order valence-corrected chi connectivity index (χ0v) is 11.8. The lowest BCUT2D eigenvalue weighted by Gasteiger charge is -2.42. The van der Waals surface area contributed by atoms with Crippen LogP contribution >= 0.6 is 0 Å². The summed E-state index contributed by atoms with van der Waals surface area (Å²) in [6.45, 7) is 2.65. The first-order chi connectivity index (χ1) is 8.57. The minimum Gasteiger partial charge on any atom is -0.389 e. The Bertz CT molecular complexity index is 225. The molecule has 108 valence electrons. The summed E-state index contributed by atoms with van der Waals surface area (Å²) in [7, 11) is 1.90. The number of likely N-dealkylation sites (tertiary alicyclic amines) is 1. The Hall–Kier alpha value is -0.160. The molecule has 1 aliphatic heterocycles. The van der Waals surface area contributed by atoms with Crippen LogP contribution in [0.3, 0.4) is 0 Å². The van der Waals surface area contributed by atoms with Gasteiger partial charge < -0.3 is 15.3 Å². The summed E-state index contributed by atoms with van der Waals surface area (Å²) in [5.74, 6) is 0. The normalized spacial score (nSPS) is 33.8. The van der Waals surface area contributed by atoms with Gasteiger partial charge >= 0.3 is 0 Å². The van der Waals surface area contributed by atoms with E-state index in [4.69, 9.17) is 0 Å². The first-order valence-electron chi connectivity index (χ1n) is 7.32. The molecule has 1 aliphatic rings. The number of aliphatic hydroxyl groups excluding tert-OH is 3. The van der Waals surface area contributed by atoms with Crippen molar-refractivity contribution in [3.05, 3.63) is 0 Å². The van der Waals surface area contributed by atoms with Crippen molar-refractivity contribution in [2.45, 2.75) is 76.2 Å². The van der Waals surface area contributed by atoms with Crippen LogP contribution in [0.1, 0.15) is 51.9 Å².